The Kier molecular flexibility index (Phi) is 4.22. The van der Waals surface area contributed by atoms with Crippen LogP contribution in [0.1, 0.15) is 26.1 Å². The summed E-state index contributed by atoms with van der Waals surface area (Å²) in [4.78, 5) is 4.61. The molecule has 1 aromatic heterocycles. The standard InChI is InChI=1S/C15H23N3O/c1-4-16-10-9-15(2,19)11-14-17-12-7-5-6-8-13(12)18(14)3/h5-8,16,19H,4,9-11H2,1-3H3. The predicted octanol–water partition coefficient (Wildman–Crippen LogP) is 1.87. The Morgan fingerprint density at radius 3 is 2.79 bits per heavy atom. The zero-order valence-electron chi connectivity index (χ0n) is 12.0. The van der Waals surface area contributed by atoms with Crippen molar-refractivity contribution >= 4 is 11.0 Å². The molecule has 0 fully saturated rings. The van der Waals surface area contributed by atoms with Gasteiger partial charge in [0.15, 0.2) is 0 Å². The molecule has 1 unspecified atom stereocenters. The average Bonchev–Trinajstić information content (AvgIpc) is 2.66. The van der Waals surface area contributed by atoms with Gasteiger partial charge in [-0.2, -0.15) is 0 Å². The third kappa shape index (κ3) is 3.33. The molecule has 1 atom stereocenters. The summed E-state index contributed by atoms with van der Waals surface area (Å²) in [5, 5.41) is 13.7. The van der Waals surface area contributed by atoms with E-state index in [1.165, 1.54) is 0 Å². The largest absolute Gasteiger partial charge is 0.390 e. The van der Waals surface area contributed by atoms with E-state index >= 15 is 0 Å². The lowest BCUT2D eigenvalue weighted by Crippen LogP contribution is -2.33. The molecular formula is C15H23N3O. The van der Waals surface area contributed by atoms with Crippen molar-refractivity contribution in [2.45, 2.75) is 32.3 Å². The Hall–Kier alpha value is -1.39. The lowest BCUT2D eigenvalue weighted by Gasteiger charge is -2.23. The van der Waals surface area contributed by atoms with Gasteiger partial charge in [0, 0.05) is 13.5 Å². The molecule has 0 saturated carbocycles. The first-order valence-electron chi connectivity index (χ1n) is 6.87. The van der Waals surface area contributed by atoms with Crippen LogP contribution in [0, 0.1) is 0 Å². The normalized spacial score (nSPS) is 14.7. The Labute approximate surface area is 114 Å². The fourth-order valence-corrected chi connectivity index (χ4v) is 2.32. The Morgan fingerprint density at radius 2 is 2.11 bits per heavy atom. The van der Waals surface area contributed by atoms with Crippen LogP contribution in [-0.4, -0.2) is 33.3 Å². The fourth-order valence-electron chi connectivity index (χ4n) is 2.32. The van der Waals surface area contributed by atoms with Crippen molar-refractivity contribution in [3.8, 4) is 0 Å². The minimum absolute atomic E-state index is 0.573. The number of nitrogens with zero attached hydrogens (tertiary/aromatic N) is 2. The maximum Gasteiger partial charge on any atom is 0.112 e. The molecule has 0 spiro atoms. The van der Waals surface area contributed by atoms with E-state index in [1.807, 2.05) is 32.2 Å². The number of hydrogen-bond acceptors (Lipinski definition) is 3. The summed E-state index contributed by atoms with van der Waals surface area (Å²) < 4.78 is 2.07. The first kappa shape index (κ1) is 14.0. The van der Waals surface area contributed by atoms with E-state index in [2.05, 4.69) is 27.9 Å². The highest BCUT2D eigenvalue weighted by molar-refractivity contribution is 5.75. The molecule has 2 rings (SSSR count). The van der Waals surface area contributed by atoms with E-state index < -0.39 is 5.60 Å². The second-order valence-electron chi connectivity index (χ2n) is 5.35. The van der Waals surface area contributed by atoms with E-state index in [0.717, 1.165) is 36.4 Å². The third-order valence-corrected chi connectivity index (χ3v) is 3.51. The summed E-state index contributed by atoms with van der Waals surface area (Å²) in [6.07, 6.45) is 1.30. The van der Waals surface area contributed by atoms with Gasteiger partial charge in [0.2, 0.25) is 0 Å². The maximum atomic E-state index is 10.5. The molecule has 0 aliphatic rings. The van der Waals surface area contributed by atoms with Crippen LogP contribution < -0.4 is 5.32 Å². The quantitative estimate of drug-likeness (QED) is 0.780. The number of nitrogens with one attached hydrogen (secondary N) is 1. The van der Waals surface area contributed by atoms with E-state index in [-0.39, 0.29) is 0 Å². The number of para-hydroxylation sites is 2. The highest BCUT2D eigenvalue weighted by atomic mass is 16.3. The molecular weight excluding hydrogens is 238 g/mol. The van der Waals surface area contributed by atoms with Crippen molar-refractivity contribution in [3.63, 3.8) is 0 Å². The van der Waals surface area contributed by atoms with E-state index in [4.69, 9.17) is 0 Å². The summed E-state index contributed by atoms with van der Waals surface area (Å²) in [6, 6.07) is 8.06. The second-order valence-corrected chi connectivity index (χ2v) is 5.35. The number of imidazole rings is 1. The summed E-state index contributed by atoms with van der Waals surface area (Å²) >= 11 is 0. The number of aryl methyl sites for hydroxylation is 1. The fraction of sp³-hybridized carbons (Fsp3) is 0.533. The SMILES string of the molecule is CCNCCC(C)(O)Cc1nc2ccccc2n1C. The molecule has 0 aliphatic heterocycles. The van der Waals surface area contributed by atoms with Gasteiger partial charge >= 0.3 is 0 Å². The number of rotatable bonds is 6. The molecule has 104 valence electrons. The average molecular weight is 261 g/mol. The molecule has 0 bridgehead atoms. The highest BCUT2D eigenvalue weighted by Gasteiger charge is 2.23. The van der Waals surface area contributed by atoms with Crippen molar-refractivity contribution < 1.29 is 5.11 Å². The lowest BCUT2D eigenvalue weighted by atomic mass is 9.97. The topological polar surface area (TPSA) is 50.1 Å². The van der Waals surface area contributed by atoms with Crippen LogP contribution >= 0.6 is 0 Å². The van der Waals surface area contributed by atoms with Gasteiger partial charge in [0.05, 0.1) is 16.6 Å². The van der Waals surface area contributed by atoms with Crippen molar-refractivity contribution in [1.82, 2.24) is 14.9 Å². The first-order chi connectivity index (χ1) is 9.03. The van der Waals surface area contributed by atoms with Gasteiger partial charge < -0.3 is 15.0 Å². The van der Waals surface area contributed by atoms with E-state index in [1.54, 1.807) is 0 Å². The molecule has 4 heteroatoms. The molecule has 0 saturated heterocycles. The Bertz CT molecular complexity index is 545. The number of fused-ring (bicyclic) bond motifs is 1. The van der Waals surface area contributed by atoms with Gasteiger partial charge in [0.1, 0.15) is 5.82 Å². The van der Waals surface area contributed by atoms with Crippen LogP contribution in [0.3, 0.4) is 0 Å². The summed E-state index contributed by atoms with van der Waals surface area (Å²) in [7, 11) is 2.00. The maximum absolute atomic E-state index is 10.5. The molecule has 2 aromatic rings. The number of hydrogen-bond donors (Lipinski definition) is 2. The van der Waals surface area contributed by atoms with Gasteiger partial charge in [-0.25, -0.2) is 4.98 Å². The summed E-state index contributed by atoms with van der Waals surface area (Å²) in [5.41, 5.74) is 1.37. The van der Waals surface area contributed by atoms with Crippen molar-refractivity contribution in [1.29, 1.82) is 0 Å². The lowest BCUT2D eigenvalue weighted by molar-refractivity contribution is 0.0491. The zero-order valence-corrected chi connectivity index (χ0v) is 12.0. The van der Waals surface area contributed by atoms with Gasteiger partial charge in [-0.15, -0.1) is 0 Å². The molecule has 0 radical (unpaired) electrons. The molecule has 2 N–H and O–H groups in total. The molecule has 1 heterocycles. The van der Waals surface area contributed by atoms with Gasteiger partial charge in [0.25, 0.3) is 0 Å². The van der Waals surface area contributed by atoms with Crippen LogP contribution in [0.25, 0.3) is 11.0 Å². The summed E-state index contributed by atoms with van der Waals surface area (Å²) in [5.74, 6) is 0.933. The third-order valence-electron chi connectivity index (χ3n) is 3.51. The molecule has 0 aliphatic carbocycles. The van der Waals surface area contributed by atoms with Crippen molar-refractivity contribution in [3.05, 3.63) is 30.1 Å². The molecule has 19 heavy (non-hydrogen) atoms. The van der Waals surface area contributed by atoms with Crippen LogP contribution in [-0.2, 0) is 13.5 Å². The van der Waals surface area contributed by atoms with Crippen molar-refractivity contribution in [2.75, 3.05) is 13.1 Å². The molecule has 1 aromatic carbocycles. The number of aromatic nitrogens is 2. The number of aliphatic hydroxyl groups is 1. The Morgan fingerprint density at radius 1 is 1.37 bits per heavy atom. The minimum atomic E-state index is -0.725. The van der Waals surface area contributed by atoms with Crippen LogP contribution in [0.4, 0.5) is 0 Å². The predicted molar refractivity (Wildman–Crippen MR) is 78.2 cm³/mol. The molecule has 4 nitrogen and oxygen atoms in total. The van der Waals surface area contributed by atoms with Gasteiger partial charge in [-0.3, -0.25) is 0 Å². The van der Waals surface area contributed by atoms with Gasteiger partial charge in [-0.1, -0.05) is 19.1 Å². The smallest absolute Gasteiger partial charge is 0.112 e. The zero-order chi connectivity index (χ0) is 13.9. The summed E-state index contributed by atoms with van der Waals surface area (Å²) in [6.45, 7) is 5.71. The van der Waals surface area contributed by atoms with Crippen LogP contribution in [0.2, 0.25) is 0 Å². The van der Waals surface area contributed by atoms with Gasteiger partial charge in [-0.05, 0) is 38.6 Å². The molecule has 0 amide bonds. The van der Waals surface area contributed by atoms with E-state index in [9.17, 15) is 5.11 Å². The highest BCUT2D eigenvalue weighted by Crippen LogP contribution is 2.20. The minimum Gasteiger partial charge on any atom is -0.390 e. The Balaban J connectivity index is 2.14. The first-order valence-corrected chi connectivity index (χ1v) is 6.87. The number of benzene rings is 1. The van der Waals surface area contributed by atoms with Crippen molar-refractivity contribution in [2.24, 2.45) is 7.05 Å². The second kappa shape index (κ2) is 5.72. The van der Waals surface area contributed by atoms with E-state index in [0.29, 0.717) is 6.42 Å². The monoisotopic (exact) mass is 261 g/mol. The van der Waals surface area contributed by atoms with Crippen LogP contribution in [0.5, 0.6) is 0 Å². The van der Waals surface area contributed by atoms with Crippen LogP contribution in [0.15, 0.2) is 24.3 Å².